The van der Waals surface area contributed by atoms with Crippen LogP contribution in [0.15, 0.2) is 16.6 Å². The Bertz CT molecular complexity index is 441. The van der Waals surface area contributed by atoms with Crippen LogP contribution in [0.5, 0.6) is 0 Å². The van der Waals surface area contributed by atoms with Crippen molar-refractivity contribution in [2.45, 2.75) is 26.2 Å². The highest BCUT2D eigenvalue weighted by Gasteiger charge is 2.21. The predicted octanol–water partition coefficient (Wildman–Crippen LogP) is 3.99. The molecule has 17 heavy (non-hydrogen) atoms. The molecular weight excluding hydrogens is 393 g/mol. The summed E-state index contributed by atoms with van der Waals surface area (Å²) < 4.78 is 2.03. The topological polar surface area (TPSA) is 20.3 Å². The van der Waals surface area contributed by atoms with Crippen LogP contribution in [0.2, 0.25) is 0 Å². The Hall–Kier alpha value is -0.100. The van der Waals surface area contributed by atoms with Crippen LogP contribution in [0.25, 0.3) is 0 Å². The van der Waals surface area contributed by atoms with E-state index in [1.165, 1.54) is 6.42 Å². The summed E-state index contributed by atoms with van der Waals surface area (Å²) in [6, 6.07) is 4.04. The average Bonchev–Trinajstić information content (AvgIpc) is 2.34. The van der Waals surface area contributed by atoms with Crippen molar-refractivity contribution in [1.29, 1.82) is 0 Å². The summed E-state index contributed by atoms with van der Waals surface area (Å²) in [5.41, 5.74) is 1.96. The quantitative estimate of drug-likeness (QED) is 0.644. The van der Waals surface area contributed by atoms with Crippen LogP contribution in [0.4, 0.5) is 0 Å². The molecule has 0 bridgehead atoms. The molecule has 0 radical (unpaired) electrons. The third kappa shape index (κ3) is 3.02. The number of carbonyl (C=O) groups is 1. The number of amides is 1. The van der Waals surface area contributed by atoms with Gasteiger partial charge in [0.05, 0.1) is 5.56 Å². The Kier molecular flexibility index (Phi) is 4.47. The second kappa shape index (κ2) is 5.69. The number of benzene rings is 1. The van der Waals surface area contributed by atoms with Crippen molar-refractivity contribution in [2.24, 2.45) is 0 Å². The molecule has 1 aromatic rings. The number of likely N-dealkylation sites (tertiary alicyclic amines) is 1. The van der Waals surface area contributed by atoms with E-state index in [9.17, 15) is 4.79 Å². The average molecular weight is 408 g/mol. The first-order chi connectivity index (χ1) is 8.09. The Morgan fingerprint density at radius 3 is 2.59 bits per heavy atom. The van der Waals surface area contributed by atoms with Crippen LogP contribution in [-0.4, -0.2) is 23.9 Å². The second-order valence-corrected chi connectivity index (χ2v) is 6.39. The van der Waals surface area contributed by atoms with E-state index >= 15 is 0 Å². The maximum atomic E-state index is 12.4. The zero-order chi connectivity index (χ0) is 12.4. The predicted molar refractivity (Wildman–Crippen MR) is 81.4 cm³/mol. The number of nitrogens with zero attached hydrogens (tertiary/aromatic N) is 1. The molecule has 0 spiro atoms. The summed E-state index contributed by atoms with van der Waals surface area (Å²) >= 11 is 5.75. The normalized spacial score (nSPS) is 16.1. The third-order valence-electron chi connectivity index (χ3n) is 3.05. The molecule has 2 nitrogen and oxygen atoms in total. The molecule has 1 amide bonds. The number of aryl methyl sites for hydroxylation is 1. The number of hydrogen-bond acceptors (Lipinski definition) is 1. The molecule has 1 aliphatic rings. The minimum Gasteiger partial charge on any atom is -0.339 e. The van der Waals surface area contributed by atoms with Crippen molar-refractivity contribution < 1.29 is 4.79 Å². The molecule has 1 aliphatic heterocycles. The highest BCUT2D eigenvalue weighted by molar-refractivity contribution is 14.1. The van der Waals surface area contributed by atoms with Gasteiger partial charge in [0.1, 0.15) is 0 Å². The molecule has 1 fully saturated rings. The van der Waals surface area contributed by atoms with Crippen molar-refractivity contribution in [3.8, 4) is 0 Å². The van der Waals surface area contributed by atoms with Crippen molar-refractivity contribution in [2.75, 3.05) is 13.1 Å². The van der Waals surface area contributed by atoms with E-state index in [0.717, 1.165) is 45.1 Å². The SMILES string of the molecule is Cc1cc(Br)c(I)c(C(=O)N2CCCCC2)c1. The molecule has 1 aromatic carbocycles. The minimum absolute atomic E-state index is 0.179. The summed E-state index contributed by atoms with van der Waals surface area (Å²) in [5.74, 6) is 0.179. The number of halogens is 2. The second-order valence-electron chi connectivity index (χ2n) is 4.46. The van der Waals surface area contributed by atoms with E-state index in [4.69, 9.17) is 0 Å². The summed E-state index contributed by atoms with van der Waals surface area (Å²) in [6.45, 7) is 3.83. The molecule has 0 atom stereocenters. The van der Waals surface area contributed by atoms with E-state index in [1.54, 1.807) is 0 Å². The monoisotopic (exact) mass is 407 g/mol. The van der Waals surface area contributed by atoms with Gasteiger partial charge in [-0.1, -0.05) is 0 Å². The van der Waals surface area contributed by atoms with Crippen molar-refractivity contribution in [3.63, 3.8) is 0 Å². The fourth-order valence-electron chi connectivity index (χ4n) is 2.15. The molecule has 0 aliphatic carbocycles. The lowest BCUT2D eigenvalue weighted by molar-refractivity contribution is 0.0723. The standard InChI is InChI=1S/C13H15BrINO/c1-9-7-10(12(15)11(14)8-9)13(17)16-5-3-2-4-6-16/h7-8H,2-6H2,1H3. The smallest absolute Gasteiger partial charge is 0.254 e. The third-order valence-corrected chi connectivity index (χ3v) is 5.58. The van der Waals surface area contributed by atoms with Gasteiger partial charge in [0.25, 0.3) is 5.91 Å². The lowest BCUT2D eigenvalue weighted by Gasteiger charge is -2.27. The highest BCUT2D eigenvalue weighted by atomic mass is 127. The Morgan fingerprint density at radius 2 is 1.94 bits per heavy atom. The Balaban J connectivity index is 2.29. The zero-order valence-electron chi connectivity index (χ0n) is 9.80. The van der Waals surface area contributed by atoms with Crippen molar-refractivity contribution in [1.82, 2.24) is 4.90 Å². The fraction of sp³-hybridized carbons (Fsp3) is 0.462. The van der Waals surface area contributed by atoms with Crippen LogP contribution < -0.4 is 0 Å². The van der Waals surface area contributed by atoms with Gasteiger partial charge in [0.15, 0.2) is 0 Å². The van der Waals surface area contributed by atoms with Crippen LogP contribution >= 0.6 is 38.5 Å². The maximum absolute atomic E-state index is 12.4. The molecule has 4 heteroatoms. The lowest BCUT2D eigenvalue weighted by atomic mass is 10.1. The van der Waals surface area contributed by atoms with E-state index in [1.807, 2.05) is 17.9 Å². The van der Waals surface area contributed by atoms with E-state index in [0.29, 0.717) is 0 Å². The molecule has 0 unspecified atom stereocenters. The first kappa shape index (κ1) is 13.3. The number of hydrogen-bond donors (Lipinski definition) is 0. The Morgan fingerprint density at radius 1 is 1.29 bits per heavy atom. The molecule has 0 aromatic heterocycles. The van der Waals surface area contributed by atoms with Crippen molar-refractivity contribution >= 4 is 44.4 Å². The largest absolute Gasteiger partial charge is 0.339 e. The van der Waals surface area contributed by atoms with Crippen LogP contribution in [0.3, 0.4) is 0 Å². The van der Waals surface area contributed by atoms with Crippen LogP contribution in [0.1, 0.15) is 35.2 Å². The van der Waals surface area contributed by atoms with Crippen LogP contribution in [-0.2, 0) is 0 Å². The molecule has 92 valence electrons. The minimum atomic E-state index is 0.179. The van der Waals surface area contributed by atoms with Gasteiger partial charge in [0, 0.05) is 21.1 Å². The maximum Gasteiger partial charge on any atom is 0.254 e. The summed E-state index contributed by atoms with van der Waals surface area (Å²) in [4.78, 5) is 14.4. The van der Waals surface area contributed by atoms with E-state index in [2.05, 4.69) is 44.6 Å². The summed E-state index contributed by atoms with van der Waals surface area (Å²) in [6.07, 6.45) is 3.52. The first-order valence-electron chi connectivity index (χ1n) is 5.84. The molecular formula is C13H15BrINO. The van der Waals surface area contributed by atoms with Crippen molar-refractivity contribution in [3.05, 3.63) is 31.3 Å². The molecule has 0 N–H and O–H groups in total. The molecule has 0 saturated carbocycles. The van der Waals surface area contributed by atoms with Gasteiger partial charge in [-0.2, -0.15) is 0 Å². The zero-order valence-corrected chi connectivity index (χ0v) is 13.5. The number of piperidine rings is 1. The Labute approximate surface area is 124 Å². The first-order valence-corrected chi connectivity index (χ1v) is 7.71. The van der Waals surface area contributed by atoms with Crippen LogP contribution in [0, 0.1) is 10.5 Å². The van der Waals surface area contributed by atoms with E-state index < -0.39 is 0 Å². The highest BCUT2D eigenvalue weighted by Crippen LogP contribution is 2.26. The van der Waals surface area contributed by atoms with Gasteiger partial charge in [-0.25, -0.2) is 0 Å². The number of rotatable bonds is 1. The number of carbonyl (C=O) groups excluding carboxylic acids is 1. The van der Waals surface area contributed by atoms with E-state index in [-0.39, 0.29) is 5.91 Å². The summed E-state index contributed by atoms with van der Waals surface area (Å²) in [7, 11) is 0. The van der Waals surface area contributed by atoms with Gasteiger partial charge in [-0.05, 0) is 82.4 Å². The molecule has 1 saturated heterocycles. The lowest BCUT2D eigenvalue weighted by Crippen LogP contribution is -2.36. The van der Waals surface area contributed by atoms with Gasteiger partial charge >= 0.3 is 0 Å². The van der Waals surface area contributed by atoms with Gasteiger partial charge in [0.2, 0.25) is 0 Å². The van der Waals surface area contributed by atoms with Gasteiger partial charge in [-0.15, -0.1) is 0 Å². The molecule has 1 heterocycles. The summed E-state index contributed by atoms with van der Waals surface area (Å²) in [5, 5.41) is 0. The van der Waals surface area contributed by atoms with Gasteiger partial charge < -0.3 is 4.90 Å². The fourth-order valence-corrected chi connectivity index (χ4v) is 3.26. The van der Waals surface area contributed by atoms with Gasteiger partial charge in [-0.3, -0.25) is 4.79 Å². The molecule has 2 rings (SSSR count).